The van der Waals surface area contributed by atoms with Gasteiger partial charge >= 0.3 is 0 Å². The molecule has 0 atom stereocenters. The summed E-state index contributed by atoms with van der Waals surface area (Å²) in [4.78, 5) is 10.8. The fourth-order valence-corrected chi connectivity index (χ4v) is 3.07. The van der Waals surface area contributed by atoms with Gasteiger partial charge in [-0.1, -0.05) is 47.6 Å². The minimum absolute atomic E-state index is 0.454. The molecule has 3 rings (SSSR count). The van der Waals surface area contributed by atoms with E-state index in [0.29, 0.717) is 11.0 Å². The summed E-state index contributed by atoms with van der Waals surface area (Å²) in [6.07, 6.45) is 1.81. The molecule has 0 bridgehead atoms. The standard InChI is InChI=1S/C17H14ClN3S/c1-12-7-8-16(19-11-12)21-17-10-14(9-15(18)20-17)22-13-5-3-2-4-6-13/h2-11H,1H3,(H,19,20,21). The Kier molecular flexibility index (Phi) is 4.61. The van der Waals surface area contributed by atoms with Crippen molar-refractivity contribution in [1.82, 2.24) is 9.97 Å². The number of benzene rings is 1. The van der Waals surface area contributed by atoms with Gasteiger partial charge in [-0.05, 0) is 42.8 Å². The van der Waals surface area contributed by atoms with Crippen molar-refractivity contribution in [2.24, 2.45) is 0 Å². The SMILES string of the molecule is Cc1ccc(Nc2cc(Sc3ccccc3)cc(Cl)n2)nc1. The first kappa shape index (κ1) is 14.9. The van der Waals surface area contributed by atoms with Crippen molar-refractivity contribution in [3.05, 3.63) is 71.5 Å². The molecule has 110 valence electrons. The van der Waals surface area contributed by atoms with Crippen LogP contribution in [0.5, 0.6) is 0 Å². The van der Waals surface area contributed by atoms with E-state index >= 15 is 0 Å². The molecule has 0 aliphatic carbocycles. The average Bonchev–Trinajstić information content (AvgIpc) is 2.50. The van der Waals surface area contributed by atoms with Crippen molar-refractivity contribution in [2.75, 3.05) is 5.32 Å². The van der Waals surface area contributed by atoms with Gasteiger partial charge in [-0.3, -0.25) is 0 Å². The van der Waals surface area contributed by atoms with E-state index in [1.807, 2.05) is 55.6 Å². The summed E-state index contributed by atoms with van der Waals surface area (Å²) < 4.78 is 0. The van der Waals surface area contributed by atoms with E-state index < -0.39 is 0 Å². The van der Waals surface area contributed by atoms with Gasteiger partial charge < -0.3 is 5.32 Å². The van der Waals surface area contributed by atoms with E-state index in [-0.39, 0.29) is 0 Å². The molecule has 0 saturated heterocycles. The van der Waals surface area contributed by atoms with Crippen molar-refractivity contribution in [1.29, 1.82) is 0 Å². The summed E-state index contributed by atoms with van der Waals surface area (Å²) in [5.74, 6) is 1.43. The Morgan fingerprint density at radius 2 is 1.77 bits per heavy atom. The molecule has 2 heterocycles. The maximum absolute atomic E-state index is 6.12. The lowest BCUT2D eigenvalue weighted by Crippen LogP contribution is -1.96. The molecule has 0 aliphatic rings. The molecule has 22 heavy (non-hydrogen) atoms. The number of rotatable bonds is 4. The van der Waals surface area contributed by atoms with Gasteiger partial charge in [0.05, 0.1) is 0 Å². The minimum atomic E-state index is 0.454. The highest BCUT2D eigenvalue weighted by molar-refractivity contribution is 7.99. The minimum Gasteiger partial charge on any atom is -0.325 e. The maximum atomic E-state index is 6.12. The first-order chi connectivity index (χ1) is 10.7. The van der Waals surface area contributed by atoms with Crippen LogP contribution >= 0.6 is 23.4 Å². The maximum Gasteiger partial charge on any atom is 0.134 e. The third-order valence-corrected chi connectivity index (χ3v) is 4.09. The molecule has 0 radical (unpaired) electrons. The van der Waals surface area contributed by atoms with Crippen molar-refractivity contribution in [3.8, 4) is 0 Å². The molecule has 0 fully saturated rings. The van der Waals surface area contributed by atoms with Crippen molar-refractivity contribution >= 4 is 35.0 Å². The number of nitrogens with zero attached hydrogens (tertiary/aromatic N) is 2. The number of aryl methyl sites for hydroxylation is 1. The molecule has 5 heteroatoms. The molecule has 3 nitrogen and oxygen atoms in total. The molecular weight excluding hydrogens is 314 g/mol. The van der Waals surface area contributed by atoms with Gasteiger partial charge in [0.15, 0.2) is 0 Å². The lowest BCUT2D eigenvalue weighted by molar-refractivity contribution is 1.21. The third kappa shape index (κ3) is 4.00. The van der Waals surface area contributed by atoms with Gasteiger partial charge in [0, 0.05) is 16.0 Å². The second-order valence-corrected chi connectivity index (χ2v) is 6.31. The number of nitrogens with one attached hydrogen (secondary N) is 1. The van der Waals surface area contributed by atoms with Crippen LogP contribution in [-0.4, -0.2) is 9.97 Å². The number of pyridine rings is 2. The number of hydrogen-bond donors (Lipinski definition) is 1. The summed E-state index contributed by atoms with van der Waals surface area (Å²) in [5, 5.41) is 3.63. The third-order valence-electron chi connectivity index (χ3n) is 2.91. The Morgan fingerprint density at radius 3 is 2.50 bits per heavy atom. The summed E-state index contributed by atoms with van der Waals surface area (Å²) in [6.45, 7) is 2.00. The highest BCUT2D eigenvalue weighted by Gasteiger charge is 2.04. The van der Waals surface area contributed by atoms with E-state index in [9.17, 15) is 0 Å². The number of aromatic nitrogens is 2. The molecule has 0 spiro atoms. The van der Waals surface area contributed by atoms with Crippen molar-refractivity contribution in [3.63, 3.8) is 0 Å². The van der Waals surface area contributed by atoms with Gasteiger partial charge in [-0.25, -0.2) is 9.97 Å². The first-order valence-electron chi connectivity index (χ1n) is 6.79. The van der Waals surface area contributed by atoms with Crippen LogP contribution in [0, 0.1) is 6.92 Å². The first-order valence-corrected chi connectivity index (χ1v) is 7.99. The van der Waals surface area contributed by atoms with Crippen LogP contribution in [0.4, 0.5) is 11.6 Å². The van der Waals surface area contributed by atoms with Crippen LogP contribution in [0.15, 0.2) is 70.6 Å². The molecule has 0 aliphatic heterocycles. The zero-order chi connectivity index (χ0) is 15.4. The Hall–Kier alpha value is -2.04. The predicted octanol–water partition coefficient (Wildman–Crippen LogP) is 5.33. The number of hydrogen-bond acceptors (Lipinski definition) is 4. The largest absolute Gasteiger partial charge is 0.325 e. The van der Waals surface area contributed by atoms with E-state index in [0.717, 1.165) is 21.2 Å². The van der Waals surface area contributed by atoms with Gasteiger partial charge in [-0.15, -0.1) is 0 Å². The molecule has 0 amide bonds. The second kappa shape index (κ2) is 6.81. The van der Waals surface area contributed by atoms with E-state index in [2.05, 4.69) is 27.4 Å². The predicted molar refractivity (Wildman–Crippen MR) is 92.1 cm³/mol. The summed E-state index contributed by atoms with van der Waals surface area (Å²) in [7, 11) is 0. The lowest BCUT2D eigenvalue weighted by Gasteiger charge is -2.08. The second-order valence-electron chi connectivity index (χ2n) is 4.77. The van der Waals surface area contributed by atoms with Gasteiger partial charge in [0.25, 0.3) is 0 Å². The van der Waals surface area contributed by atoms with Gasteiger partial charge in [-0.2, -0.15) is 0 Å². The molecule has 0 saturated carbocycles. The molecule has 1 N–H and O–H groups in total. The number of halogens is 1. The van der Waals surface area contributed by atoms with Crippen LogP contribution in [0.2, 0.25) is 5.15 Å². The summed E-state index contributed by atoms with van der Waals surface area (Å²) >= 11 is 7.77. The summed E-state index contributed by atoms with van der Waals surface area (Å²) in [5.41, 5.74) is 1.12. The Bertz CT molecular complexity index is 761. The fraction of sp³-hybridized carbons (Fsp3) is 0.0588. The van der Waals surface area contributed by atoms with Crippen LogP contribution in [-0.2, 0) is 0 Å². The molecule has 0 unspecified atom stereocenters. The van der Waals surface area contributed by atoms with Crippen LogP contribution in [0.3, 0.4) is 0 Å². The Balaban J connectivity index is 1.82. The van der Waals surface area contributed by atoms with Crippen LogP contribution in [0.1, 0.15) is 5.56 Å². The molecular formula is C17H14ClN3S. The average molecular weight is 328 g/mol. The highest BCUT2D eigenvalue weighted by atomic mass is 35.5. The van der Waals surface area contributed by atoms with Crippen LogP contribution < -0.4 is 5.32 Å². The molecule has 3 aromatic rings. The van der Waals surface area contributed by atoms with Crippen molar-refractivity contribution in [2.45, 2.75) is 16.7 Å². The van der Waals surface area contributed by atoms with E-state index in [1.165, 1.54) is 0 Å². The van der Waals surface area contributed by atoms with Gasteiger partial charge in [0.1, 0.15) is 16.8 Å². The van der Waals surface area contributed by atoms with E-state index in [1.54, 1.807) is 11.8 Å². The topological polar surface area (TPSA) is 37.8 Å². The lowest BCUT2D eigenvalue weighted by atomic mass is 10.3. The zero-order valence-electron chi connectivity index (χ0n) is 12.0. The Labute approximate surface area is 138 Å². The number of anilines is 2. The normalized spacial score (nSPS) is 10.5. The van der Waals surface area contributed by atoms with E-state index in [4.69, 9.17) is 11.6 Å². The fourth-order valence-electron chi connectivity index (χ4n) is 1.89. The summed E-state index contributed by atoms with van der Waals surface area (Å²) in [6, 6.07) is 17.9. The van der Waals surface area contributed by atoms with Crippen LogP contribution in [0.25, 0.3) is 0 Å². The molecule has 1 aromatic carbocycles. The monoisotopic (exact) mass is 327 g/mol. The zero-order valence-corrected chi connectivity index (χ0v) is 13.5. The quantitative estimate of drug-likeness (QED) is 0.657. The van der Waals surface area contributed by atoms with Crippen molar-refractivity contribution < 1.29 is 0 Å². The highest BCUT2D eigenvalue weighted by Crippen LogP contribution is 2.31. The molecule has 2 aromatic heterocycles. The smallest absolute Gasteiger partial charge is 0.134 e. The van der Waals surface area contributed by atoms with Gasteiger partial charge in [0.2, 0.25) is 0 Å². The Morgan fingerprint density at radius 1 is 0.955 bits per heavy atom.